The molecule has 5 heteroatoms. The van der Waals surface area contributed by atoms with Gasteiger partial charge in [-0.05, 0) is 51.0 Å². The topological polar surface area (TPSA) is 67.4 Å². The van der Waals surface area contributed by atoms with Crippen molar-refractivity contribution in [3.05, 3.63) is 24.3 Å². The van der Waals surface area contributed by atoms with Crippen LogP contribution in [0.1, 0.15) is 26.7 Å². The van der Waals surface area contributed by atoms with Crippen LogP contribution in [0.15, 0.2) is 24.3 Å². The molecule has 0 spiro atoms. The molecule has 1 saturated carbocycles. The lowest BCUT2D eigenvalue weighted by Crippen LogP contribution is -2.20. The summed E-state index contributed by atoms with van der Waals surface area (Å²) in [7, 11) is 0. The summed E-state index contributed by atoms with van der Waals surface area (Å²) in [5, 5.41) is 5.58. The predicted molar refractivity (Wildman–Crippen MR) is 77.5 cm³/mol. The van der Waals surface area contributed by atoms with E-state index in [9.17, 15) is 9.59 Å². The number of nitrogens with one attached hydrogen (secondary N) is 2. The maximum absolute atomic E-state index is 11.6. The summed E-state index contributed by atoms with van der Waals surface area (Å²) in [4.78, 5) is 23.2. The zero-order chi connectivity index (χ0) is 14.5. The lowest BCUT2D eigenvalue weighted by Gasteiger charge is -2.09. The third-order valence-electron chi connectivity index (χ3n) is 2.93. The number of carbonyl (C=O) groups is 2. The summed E-state index contributed by atoms with van der Waals surface area (Å²) in [5.41, 5.74) is 1.44. The molecule has 20 heavy (non-hydrogen) atoms. The van der Waals surface area contributed by atoms with E-state index in [0.29, 0.717) is 5.69 Å². The molecular formula is C15H20N2O3. The lowest BCUT2D eigenvalue weighted by molar-refractivity contribution is -0.122. The summed E-state index contributed by atoms with van der Waals surface area (Å²) in [6.07, 6.45) is 1.99. The Kier molecular flexibility index (Phi) is 4.74. The van der Waals surface area contributed by atoms with Gasteiger partial charge < -0.3 is 15.4 Å². The van der Waals surface area contributed by atoms with E-state index in [1.54, 1.807) is 24.3 Å². The van der Waals surface area contributed by atoms with Crippen molar-refractivity contribution in [3.63, 3.8) is 0 Å². The Morgan fingerprint density at radius 3 is 2.20 bits per heavy atom. The van der Waals surface area contributed by atoms with Crippen molar-refractivity contribution in [2.24, 2.45) is 5.92 Å². The number of ether oxygens (including phenoxy) is 1. The van der Waals surface area contributed by atoms with Gasteiger partial charge >= 0.3 is 0 Å². The normalized spacial score (nSPS) is 14.2. The number of rotatable bonds is 6. The number of carbonyl (C=O) groups excluding carboxylic acids is 2. The van der Waals surface area contributed by atoms with Gasteiger partial charge in [0.05, 0.1) is 6.10 Å². The zero-order valence-electron chi connectivity index (χ0n) is 11.8. The first-order valence-corrected chi connectivity index (χ1v) is 6.87. The molecule has 108 valence electrons. The van der Waals surface area contributed by atoms with Gasteiger partial charge in [-0.1, -0.05) is 0 Å². The summed E-state index contributed by atoms with van der Waals surface area (Å²) in [6, 6.07) is 7.07. The Balaban J connectivity index is 1.81. The summed E-state index contributed by atoms with van der Waals surface area (Å²) in [6.45, 7) is 3.80. The highest BCUT2D eigenvalue weighted by Crippen LogP contribution is 2.30. The highest BCUT2D eigenvalue weighted by molar-refractivity contribution is 5.95. The van der Waals surface area contributed by atoms with Gasteiger partial charge in [-0.25, -0.2) is 0 Å². The van der Waals surface area contributed by atoms with E-state index in [1.165, 1.54) is 0 Å². The number of anilines is 2. The van der Waals surface area contributed by atoms with Crippen LogP contribution in [0.4, 0.5) is 11.4 Å². The Morgan fingerprint density at radius 2 is 1.70 bits per heavy atom. The highest BCUT2D eigenvalue weighted by Gasteiger charge is 2.29. The fourth-order valence-electron chi connectivity index (χ4n) is 1.67. The van der Waals surface area contributed by atoms with E-state index in [0.717, 1.165) is 18.5 Å². The van der Waals surface area contributed by atoms with E-state index < -0.39 is 0 Å². The molecule has 1 aromatic rings. The van der Waals surface area contributed by atoms with Gasteiger partial charge in [0.2, 0.25) is 11.8 Å². The van der Waals surface area contributed by atoms with E-state index >= 15 is 0 Å². The molecule has 1 aliphatic rings. The van der Waals surface area contributed by atoms with Gasteiger partial charge in [0, 0.05) is 17.3 Å². The van der Waals surface area contributed by atoms with Crippen LogP contribution in [-0.2, 0) is 14.3 Å². The minimum absolute atomic E-state index is 0.0285. The van der Waals surface area contributed by atoms with Crippen LogP contribution in [0, 0.1) is 5.92 Å². The quantitative estimate of drug-likeness (QED) is 0.838. The number of hydrogen-bond donors (Lipinski definition) is 2. The molecule has 0 atom stereocenters. The lowest BCUT2D eigenvalue weighted by atomic mass is 10.2. The zero-order valence-corrected chi connectivity index (χ0v) is 11.8. The minimum atomic E-state index is -0.187. The molecule has 2 N–H and O–H groups in total. The molecule has 2 rings (SSSR count). The van der Waals surface area contributed by atoms with Crippen LogP contribution in [0.2, 0.25) is 0 Å². The maximum atomic E-state index is 11.6. The fourth-order valence-corrected chi connectivity index (χ4v) is 1.67. The third-order valence-corrected chi connectivity index (χ3v) is 2.93. The van der Waals surface area contributed by atoms with Gasteiger partial charge in [-0.15, -0.1) is 0 Å². The second-order valence-electron chi connectivity index (χ2n) is 5.25. The smallest absolute Gasteiger partial charge is 0.250 e. The van der Waals surface area contributed by atoms with Gasteiger partial charge in [-0.2, -0.15) is 0 Å². The molecule has 0 unspecified atom stereocenters. The summed E-state index contributed by atoms with van der Waals surface area (Å²) >= 11 is 0. The molecule has 0 aromatic heterocycles. The van der Waals surface area contributed by atoms with E-state index in [4.69, 9.17) is 4.74 Å². The second-order valence-corrected chi connectivity index (χ2v) is 5.25. The van der Waals surface area contributed by atoms with Crippen molar-refractivity contribution < 1.29 is 14.3 Å². The van der Waals surface area contributed by atoms with Crippen LogP contribution in [-0.4, -0.2) is 24.5 Å². The third kappa shape index (κ3) is 4.66. The van der Waals surface area contributed by atoms with Crippen LogP contribution in [0.5, 0.6) is 0 Å². The Hall–Kier alpha value is -1.88. The SMILES string of the molecule is CC(C)OCC(=O)Nc1ccc(NC(=O)C2CC2)cc1. The number of hydrogen-bond acceptors (Lipinski definition) is 3. The summed E-state index contributed by atoms with van der Waals surface area (Å²) in [5.74, 6) is 0.0724. The molecule has 0 aliphatic heterocycles. The molecule has 1 fully saturated rings. The Morgan fingerprint density at radius 1 is 1.15 bits per heavy atom. The van der Waals surface area contributed by atoms with Crippen molar-refractivity contribution in [3.8, 4) is 0 Å². The van der Waals surface area contributed by atoms with Crippen molar-refractivity contribution in [2.75, 3.05) is 17.2 Å². The number of benzene rings is 1. The first kappa shape index (κ1) is 14.5. The van der Waals surface area contributed by atoms with Crippen LogP contribution in [0.3, 0.4) is 0 Å². The second kappa shape index (κ2) is 6.52. The van der Waals surface area contributed by atoms with E-state index in [2.05, 4.69) is 10.6 Å². The largest absolute Gasteiger partial charge is 0.369 e. The first-order valence-electron chi connectivity index (χ1n) is 6.87. The molecule has 0 bridgehead atoms. The van der Waals surface area contributed by atoms with Gasteiger partial charge in [0.1, 0.15) is 6.61 Å². The molecule has 0 saturated heterocycles. The summed E-state index contributed by atoms with van der Waals surface area (Å²) < 4.78 is 5.22. The predicted octanol–water partition coefficient (Wildman–Crippen LogP) is 2.40. The Bertz CT molecular complexity index is 478. The first-order chi connectivity index (χ1) is 9.54. The van der Waals surface area contributed by atoms with Crippen molar-refractivity contribution >= 4 is 23.2 Å². The molecule has 2 amide bonds. The average molecular weight is 276 g/mol. The monoisotopic (exact) mass is 276 g/mol. The van der Waals surface area contributed by atoms with Crippen molar-refractivity contribution in [1.29, 1.82) is 0 Å². The minimum Gasteiger partial charge on any atom is -0.369 e. The molecule has 1 aromatic carbocycles. The van der Waals surface area contributed by atoms with Crippen molar-refractivity contribution in [2.45, 2.75) is 32.8 Å². The van der Waals surface area contributed by atoms with E-state index in [-0.39, 0.29) is 30.4 Å². The standard InChI is InChI=1S/C15H20N2O3/c1-10(2)20-9-14(18)16-12-5-7-13(8-6-12)17-15(19)11-3-4-11/h5-8,10-11H,3-4,9H2,1-2H3,(H,16,18)(H,17,19). The molecule has 0 heterocycles. The number of amides is 2. The maximum Gasteiger partial charge on any atom is 0.250 e. The van der Waals surface area contributed by atoms with Crippen LogP contribution < -0.4 is 10.6 Å². The molecule has 1 aliphatic carbocycles. The fraction of sp³-hybridized carbons (Fsp3) is 0.467. The average Bonchev–Trinajstić information content (AvgIpc) is 3.23. The molecule has 0 radical (unpaired) electrons. The molecular weight excluding hydrogens is 256 g/mol. The van der Waals surface area contributed by atoms with Gasteiger partial charge in [-0.3, -0.25) is 9.59 Å². The van der Waals surface area contributed by atoms with Gasteiger partial charge in [0.25, 0.3) is 0 Å². The van der Waals surface area contributed by atoms with Crippen molar-refractivity contribution in [1.82, 2.24) is 0 Å². The highest BCUT2D eigenvalue weighted by atomic mass is 16.5. The Labute approximate surface area is 118 Å². The van der Waals surface area contributed by atoms with Crippen LogP contribution in [0.25, 0.3) is 0 Å². The van der Waals surface area contributed by atoms with E-state index in [1.807, 2.05) is 13.8 Å². The van der Waals surface area contributed by atoms with Crippen LogP contribution >= 0.6 is 0 Å². The molecule has 5 nitrogen and oxygen atoms in total. The van der Waals surface area contributed by atoms with Gasteiger partial charge in [0.15, 0.2) is 0 Å².